The maximum Gasteiger partial charge on any atom is 0.264 e. The lowest BCUT2D eigenvalue weighted by Gasteiger charge is -2.24. The van der Waals surface area contributed by atoms with E-state index in [0.29, 0.717) is 5.69 Å². The van der Waals surface area contributed by atoms with Crippen molar-refractivity contribution >= 4 is 21.6 Å². The first-order chi connectivity index (χ1) is 15.3. The Bertz CT molecular complexity index is 1160. The number of nitrogens with zero attached hydrogens (tertiary/aromatic N) is 1. The summed E-state index contributed by atoms with van der Waals surface area (Å²) in [5, 5.41) is 2.74. The largest absolute Gasteiger partial charge is 0.492 e. The molecule has 0 radical (unpaired) electrons. The van der Waals surface area contributed by atoms with E-state index in [1.807, 2.05) is 51.1 Å². The van der Waals surface area contributed by atoms with E-state index in [1.165, 1.54) is 17.7 Å². The molecule has 3 aromatic rings. The van der Waals surface area contributed by atoms with Gasteiger partial charge >= 0.3 is 0 Å². The van der Waals surface area contributed by atoms with Crippen LogP contribution in [0.25, 0.3) is 0 Å². The molecule has 0 heterocycles. The lowest BCUT2D eigenvalue weighted by Crippen LogP contribution is -2.41. The van der Waals surface area contributed by atoms with Gasteiger partial charge in [0.25, 0.3) is 10.0 Å². The predicted octanol–water partition coefficient (Wildman–Crippen LogP) is 4.00. The van der Waals surface area contributed by atoms with Crippen LogP contribution in [-0.2, 0) is 14.8 Å². The minimum atomic E-state index is -3.90. The topological polar surface area (TPSA) is 75.7 Å². The highest BCUT2D eigenvalue weighted by molar-refractivity contribution is 7.92. The number of carbonyl (C=O) groups is 1. The third kappa shape index (κ3) is 5.88. The average molecular weight is 453 g/mol. The van der Waals surface area contributed by atoms with Crippen LogP contribution in [0.1, 0.15) is 16.7 Å². The molecule has 0 spiro atoms. The van der Waals surface area contributed by atoms with E-state index in [-0.39, 0.29) is 24.6 Å². The Labute approximate surface area is 189 Å². The van der Waals surface area contributed by atoms with Crippen molar-refractivity contribution in [2.24, 2.45) is 0 Å². The highest BCUT2D eigenvalue weighted by Gasteiger charge is 2.26. The standard InChI is InChI=1S/C25H28N2O4S/c1-19-9-12-22(13-10-19)27(32(29,30)24-7-5-4-6-8-24)18-25(28)26-15-16-31-23-14-11-20(2)21(3)17-23/h4-14,17H,15-16,18H2,1-3H3,(H,26,28). The van der Waals surface area contributed by atoms with Gasteiger partial charge in [0.2, 0.25) is 5.91 Å². The van der Waals surface area contributed by atoms with Crippen molar-refractivity contribution in [3.63, 3.8) is 0 Å². The van der Waals surface area contributed by atoms with E-state index >= 15 is 0 Å². The van der Waals surface area contributed by atoms with Crippen LogP contribution in [0.4, 0.5) is 5.69 Å². The normalized spacial score (nSPS) is 11.1. The zero-order valence-electron chi connectivity index (χ0n) is 18.5. The fourth-order valence-corrected chi connectivity index (χ4v) is 4.54. The molecule has 1 N–H and O–H groups in total. The van der Waals surface area contributed by atoms with Crippen molar-refractivity contribution in [1.82, 2.24) is 5.32 Å². The van der Waals surface area contributed by atoms with Crippen LogP contribution in [0.3, 0.4) is 0 Å². The summed E-state index contributed by atoms with van der Waals surface area (Å²) in [6.45, 7) is 6.18. The molecular weight excluding hydrogens is 424 g/mol. The molecule has 0 aliphatic heterocycles. The van der Waals surface area contributed by atoms with E-state index in [9.17, 15) is 13.2 Å². The Morgan fingerprint density at radius 1 is 0.906 bits per heavy atom. The molecule has 3 rings (SSSR count). The van der Waals surface area contributed by atoms with Gasteiger partial charge in [-0.05, 0) is 68.3 Å². The monoisotopic (exact) mass is 452 g/mol. The summed E-state index contributed by atoms with van der Waals surface area (Å²) in [4.78, 5) is 12.7. The molecule has 0 atom stereocenters. The number of anilines is 1. The number of hydrogen-bond donors (Lipinski definition) is 1. The van der Waals surface area contributed by atoms with Gasteiger partial charge in [0.05, 0.1) is 17.1 Å². The molecule has 0 saturated heterocycles. The van der Waals surface area contributed by atoms with Crippen molar-refractivity contribution in [3.8, 4) is 5.75 Å². The van der Waals surface area contributed by atoms with Crippen molar-refractivity contribution in [2.75, 3.05) is 24.0 Å². The molecular formula is C25H28N2O4S. The SMILES string of the molecule is Cc1ccc(N(CC(=O)NCCOc2ccc(C)c(C)c2)S(=O)(=O)c2ccccc2)cc1. The molecule has 168 valence electrons. The highest BCUT2D eigenvalue weighted by Crippen LogP contribution is 2.24. The van der Waals surface area contributed by atoms with Crippen LogP contribution in [0, 0.1) is 20.8 Å². The van der Waals surface area contributed by atoms with Crippen LogP contribution in [0.2, 0.25) is 0 Å². The van der Waals surface area contributed by atoms with E-state index in [4.69, 9.17) is 4.74 Å². The van der Waals surface area contributed by atoms with Crippen LogP contribution in [0.5, 0.6) is 5.75 Å². The Hall–Kier alpha value is -3.32. The Kier molecular flexibility index (Phi) is 7.53. The molecule has 7 heteroatoms. The third-order valence-corrected chi connectivity index (χ3v) is 6.90. The maximum atomic E-state index is 13.2. The van der Waals surface area contributed by atoms with Gasteiger partial charge in [0.1, 0.15) is 18.9 Å². The quantitative estimate of drug-likeness (QED) is 0.498. The fourth-order valence-electron chi connectivity index (χ4n) is 3.10. The Morgan fingerprint density at radius 2 is 1.59 bits per heavy atom. The van der Waals surface area contributed by atoms with Gasteiger partial charge in [0, 0.05) is 0 Å². The number of amides is 1. The summed E-state index contributed by atoms with van der Waals surface area (Å²) in [6.07, 6.45) is 0. The van der Waals surface area contributed by atoms with Crippen LogP contribution in [0.15, 0.2) is 77.7 Å². The number of aryl methyl sites for hydroxylation is 3. The summed E-state index contributed by atoms with van der Waals surface area (Å²) in [5.41, 5.74) is 3.74. The van der Waals surface area contributed by atoms with Gasteiger partial charge in [-0.15, -0.1) is 0 Å². The molecule has 6 nitrogen and oxygen atoms in total. The summed E-state index contributed by atoms with van der Waals surface area (Å²) >= 11 is 0. The van der Waals surface area contributed by atoms with Crippen LogP contribution in [-0.4, -0.2) is 34.0 Å². The zero-order valence-corrected chi connectivity index (χ0v) is 19.4. The zero-order chi connectivity index (χ0) is 23.1. The molecule has 0 unspecified atom stereocenters. The van der Waals surface area contributed by atoms with Gasteiger partial charge in [-0.25, -0.2) is 8.42 Å². The molecule has 3 aromatic carbocycles. The molecule has 0 fully saturated rings. The van der Waals surface area contributed by atoms with Crippen LogP contribution >= 0.6 is 0 Å². The number of hydrogen-bond acceptors (Lipinski definition) is 4. The second kappa shape index (κ2) is 10.3. The lowest BCUT2D eigenvalue weighted by molar-refractivity contribution is -0.119. The van der Waals surface area contributed by atoms with Gasteiger partial charge in [-0.1, -0.05) is 42.0 Å². The first kappa shape index (κ1) is 23.3. The molecule has 0 aliphatic rings. The summed E-state index contributed by atoms with van der Waals surface area (Å²) in [7, 11) is -3.90. The minimum absolute atomic E-state index is 0.131. The van der Waals surface area contributed by atoms with Gasteiger partial charge in [-0.3, -0.25) is 9.10 Å². The number of rotatable bonds is 9. The number of ether oxygens (including phenoxy) is 1. The number of sulfonamides is 1. The summed E-state index contributed by atoms with van der Waals surface area (Å²) < 4.78 is 33.3. The van der Waals surface area contributed by atoms with Crippen LogP contribution < -0.4 is 14.4 Å². The molecule has 1 amide bonds. The smallest absolute Gasteiger partial charge is 0.264 e. The van der Waals surface area contributed by atoms with E-state index < -0.39 is 15.9 Å². The van der Waals surface area contributed by atoms with E-state index in [1.54, 1.807) is 30.3 Å². The molecule has 0 saturated carbocycles. The molecule has 0 aromatic heterocycles. The number of nitrogens with one attached hydrogen (secondary N) is 1. The number of benzene rings is 3. The maximum absolute atomic E-state index is 13.2. The number of carbonyl (C=O) groups excluding carboxylic acids is 1. The summed E-state index contributed by atoms with van der Waals surface area (Å²) in [5.74, 6) is 0.323. The second-order valence-electron chi connectivity index (χ2n) is 7.60. The molecule has 0 aliphatic carbocycles. The van der Waals surface area contributed by atoms with Crippen molar-refractivity contribution in [3.05, 3.63) is 89.5 Å². The first-order valence-corrected chi connectivity index (χ1v) is 11.8. The molecule has 32 heavy (non-hydrogen) atoms. The molecule has 0 bridgehead atoms. The van der Waals surface area contributed by atoms with E-state index in [2.05, 4.69) is 5.32 Å². The van der Waals surface area contributed by atoms with Crippen molar-refractivity contribution in [1.29, 1.82) is 0 Å². The van der Waals surface area contributed by atoms with Crippen molar-refractivity contribution < 1.29 is 17.9 Å². The predicted molar refractivity (Wildman–Crippen MR) is 127 cm³/mol. The second-order valence-corrected chi connectivity index (χ2v) is 9.47. The van der Waals surface area contributed by atoms with Gasteiger partial charge in [0.15, 0.2) is 0 Å². The average Bonchev–Trinajstić information content (AvgIpc) is 2.78. The Morgan fingerprint density at radius 3 is 2.25 bits per heavy atom. The van der Waals surface area contributed by atoms with E-state index in [0.717, 1.165) is 21.2 Å². The third-order valence-electron chi connectivity index (χ3n) is 5.11. The fraction of sp³-hybridized carbons (Fsp3) is 0.240. The minimum Gasteiger partial charge on any atom is -0.492 e. The lowest BCUT2D eigenvalue weighted by atomic mass is 10.1. The van der Waals surface area contributed by atoms with Crippen molar-refractivity contribution in [2.45, 2.75) is 25.7 Å². The van der Waals surface area contributed by atoms with Gasteiger partial charge < -0.3 is 10.1 Å². The summed E-state index contributed by atoms with van der Waals surface area (Å²) in [6, 6.07) is 21.0. The first-order valence-electron chi connectivity index (χ1n) is 10.4. The highest BCUT2D eigenvalue weighted by atomic mass is 32.2. The Balaban J connectivity index is 1.67. The van der Waals surface area contributed by atoms with Gasteiger partial charge in [-0.2, -0.15) is 0 Å².